The van der Waals surface area contributed by atoms with E-state index in [0.29, 0.717) is 32.8 Å². The van der Waals surface area contributed by atoms with Crippen LogP contribution in [-0.4, -0.2) is 56.9 Å². The molecule has 0 aromatic heterocycles. The van der Waals surface area contributed by atoms with E-state index >= 15 is 0 Å². The summed E-state index contributed by atoms with van der Waals surface area (Å²) in [6, 6.07) is 5.98. The summed E-state index contributed by atoms with van der Waals surface area (Å²) in [6.45, 7) is 8.32. The molecule has 1 aromatic rings. The summed E-state index contributed by atoms with van der Waals surface area (Å²) < 4.78 is 11.2. The van der Waals surface area contributed by atoms with Crippen molar-refractivity contribution < 1.29 is 14.3 Å². The molecule has 0 saturated carbocycles. The number of nitrogens with one attached hydrogen (secondary N) is 1. The Morgan fingerprint density at radius 1 is 1.18 bits per heavy atom. The van der Waals surface area contributed by atoms with Crippen molar-refractivity contribution in [1.29, 1.82) is 0 Å². The average Bonchev–Trinajstić information content (AvgIpc) is 2.59. The lowest BCUT2D eigenvalue weighted by atomic mass is 10.2. The highest BCUT2D eigenvalue weighted by Gasteiger charge is 2.22. The number of ether oxygens (including phenoxy) is 2. The van der Waals surface area contributed by atoms with Crippen molar-refractivity contribution in [3.05, 3.63) is 30.9 Å². The number of rotatable bonds is 3. The van der Waals surface area contributed by atoms with Gasteiger partial charge in [0.15, 0.2) is 11.5 Å². The lowest BCUT2D eigenvalue weighted by Crippen LogP contribution is -2.51. The topological polar surface area (TPSA) is 54.0 Å². The molecule has 2 amide bonds. The lowest BCUT2D eigenvalue weighted by molar-refractivity contribution is 0.171. The minimum absolute atomic E-state index is 0.0262. The van der Waals surface area contributed by atoms with E-state index in [1.54, 1.807) is 6.08 Å². The number of benzene rings is 1. The third-order valence-corrected chi connectivity index (χ3v) is 3.86. The third kappa shape index (κ3) is 3.10. The molecule has 3 rings (SSSR count). The average molecular weight is 303 g/mol. The highest BCUT2D eigenvalue weighted by Crippen LogP contribution is 2.34. The first-order valence-electron chi connectivity index (χ1n) is 7.56. The van der Waals surface area contributed by atoms with Crippen molar-refractivity contribution in [2.75, 3.05) is 50.8 Å². The molecule has 1 N–H and O–H groups in total. The van der Waals surface area contributed by atoms with Gasteiger partial charge in [0.05, 0.1) is 0 Å². The van der Waals surface area contributed by atoms with Crippen LogP contribution in [0.4, 0.5) is 10.5 Å². The van der Waals surface area contributed by atoms with Crippen LogP contribution in [0.15, 0.2) is 30.9 Å². The van der Waals surface area contributed by atoms with Gasteiger partial charge in [0, 0.05) is 44.5 Å². The number of nitrogens with zero attached hydrogens (tertiary/aromatic N) is 2. The number of carbonyl (C=O) groups is 1. The van der Waals surface area contributed by atoms with Crippen LogP contribution < -0.4 is 19.7 Å². The molecular weight excluding hydrogens is 282 g/mol. The van der Waals surface area contributed by atoms with Crippen molar-refractivity contribution in [1.82, 2.24) is 10.2 Å². The summed E-state index contributed by atoms with van der Waals surface area (Å²) in [5, 5.41) is 2.81. The number of urea groups is 1. The van der Waals surface area contributed by atoms with Gasteiger partial charge in [0.25, 0.3) is 0 Å². The first-order chi connectivity index (χ1) is 10.8. The summed E-state index contributed by atoms with van der Waals surface area (Å²) in [5.41, 5.74) is 1.11. The number of hydrogen-bond acceptors (Lipinski definition) is 4. The van der Waals surface area contributed by atoms with Crippen LogP contribution in [0.2, 0.25) is 0 Å². The normalized spacial score (nSPS) is 17.1. The van der Waals surface area contributed by atoms with Gasteiger partial charge in [0.1, 0.15) is 13.2 Å². The second kappa shape index (κ2) is 6.60. The fourth-order valence-electron chi connectivity index (χ4n) is 2.67. The number of piperazine rings is 1. The zero-order valence-electron chi connectivity index (χ0n) is 12.6. The fraction of sp³-hybridized carbons (Fsp3) is 0.438. The number of anilines is 1. The maximum atomic E-state index is 11.9. The van der Waals surface area contributed by atoms with E-state index in [0.717, 1.165) is 30.3 Å². The van der Waals surface area contributed by atoms with Crippen LogP contribution >= 0.6 is 0 Å². The molecule has 6 nitrogen and oxygen atoms in total. The van der Waals surface area contributed by atoms with Crippen molar-refractivity contribution in [3.8, 4) is 11.5 Å². The second-order valence-electron chi connectivity index (χ2n) is 5.28. The number of hydrogen-bond donors (Lipinski definition) is 1. The molecule has 0 unspecified atom stereocenters. The molecule has 1 saturated heterocycles. The Morgan fingerprint density at radius 3 is 2.64 bits per heavy atom. The minimum atomic E-state index is -0.0262. The predicted molar refractivity (Wildman–Crippen MR) is 84.8 cm³/mol. The van der Waals surface area contributed by atoms with E-state index in [2.05, 4.69) is 16.8 Å². The molecule has 2 aliphatic rings. The van der Waals surface area contributed by atoms with Gasteiger partial charge in [-0.1, -0.05) is 6.08 Å². The molecule has 2 heterocycles. The van der Waals surface area contributed by atoms with Gasteiger partial charge in [0.2, 0.25) is 0 Å². The second-order valence-corrected chi connectivity index (χ2v) is 5.28. The minimum Gasteiger partial charge on any atom is -0.486 e. The van der Waals surface area contributed by atoms with Crippen LogP contribution in [0, 0.1) is 0 Å². The van der Waals surface area contributed by atoms with E-state index in [9.17, 15) is 4.79 Å². The molecule has 1 aromatic carbocycles. The monoisotopic (exact) mass is 303 g/mol. The fourth-order valence-corrected chi connectivity index (χ4v) is 2.67. The van der Waals surface area contributed by atoms with E-state index in [4.69, 9.17) is 9.47 Å². The molecular formula is C16H21N3O3. The first kappa shape index (κ1) is 14.6. The molecule has 2 aliphatic heterocycles. The first-order valence-corrected chi connectivity index (χ1v) is 7.56. The van der Waals surface area contributed by atoms with E-state index < -0.39 is 0 Å². The highest BCUT2D eigenvalue weighted by atomic mass is 16.6. The number of carbonyl (C=O) groups excluding carboxylic acids is 1. The Labute approximate surface area is 130 Å². The molecule has 0 atom stereocenters. The molecule has 1 fully saturated rings. The Bertz CT molecular complexity index is 554. The Balaban J connectivity index is 1.59. The van der Waals surface area contributed by atoms with Crippen molar-refractivity contribution in [2.45, 2.75) is 0 Å². The largest absolute Gasteiger partial charge is 0.486 e. The van der Waals surface area contributed by atoms with Gasteiger partial charge >= 0.3 is 6.03 Å². The lowest BCUT2D eigenvalue weighted by Gasteiger charge is -2.36. The van der Waals surface area contributed by atoms with Crippen LogP contribution in [0.25, 0.3) is 0 Å². The number of fused-ring (bicyclic) bond motifs is 1. The van der Waals surface area contributed by atoms with E-state index in [-0.39, 0.29) is 6.03 Å². The molecule has 0 spiro atoms. The molecule has 0 aliphatic carbocycles. The Hall–Kier alpha value is -2.37. The van der Waals surface area contributed by atoms with E-state index in [1.165, 1.54) is 0 Å². The summed E-state index contributed by atoms with van der Waals surface area (Å²) >= 11 is 0. The highest BCUT2D eigenvalue weighted by molar-refractivity contribution is 5.74. The smallest absolute Gasteiger partial charge is 0.317 e. The van der Waals surface area contributed by atoms with Crippen molar-refractivity contribution in [3.63, 3.8) is 0 Å². The zero-order valence-corrected chi connectivity index (χ0v) is 12.6. The van der Waals surface area contributed by atoms with Crippen LogP contribution in [-0.2, 0) is 0 Å². The maximum absolute atomic E-state index is 11.9. The number of amides is 2. The maximum Gasteiger partial charge on any atom is 0.317 e. The van der Waals surface area contributed by atoms with Crippen LogP contribution in [0.1, 0.15) is 0 Å². The van der Waals surface area contributed by atoms with Gasteiger partial charge in [-0.2, -0.15) is 0 Å². The van der Waals surface area contributed by atoms with Crippen LogP contribution in [0.3, 0.4) is 0 Å². The Kier molecular flexibility index (Phi) is 4.37. The van der Waals surface area contributed by atoms with Gasteiger partial charge < -0.3 is 24.6 Å². The quantitative estimate of drug-likeness (QED) is 0.859. The predicted octanol–water partition coefficient (Wildman–Crippen LogP) is 1.48. The van der Waals surface area contributed by atoms with Crippen molar-refractivity contribution >= 4 is 11.7 Å². The van der Waals surface area contributed by atoms with Gasteiger partial charge in [-0.25, -0.2) is 4.79 Å². The van der Waals surface area contributed by atoms with E-state index in [1.807, 2.05) is 23.1 Å². The van der Waals surface area contributed by atoms with Gasteiger partial charge in [-0.3, -0.25) is 0 Å². The summed E-state index contributed by atoms with van der Waals surface area (Å²) in [6.07, 6.45) is 1.68. The molecule has 0 bridgehead atoms. The summed E-state index contributed by atoms with van der Waals surface area (Å²) in [4.78, 5) is 16.0. The zero-order chi connectivity index (χ0) is 15.4. The molecule has 118 valence electrons. The summed E-state index contributed by atoms with van der Waals surface area (Å²) in [7, 11) is 0. The standard InChI is InChI=1S/C16H21N3O3/c1-2-5-17-16(20)19-8-6-18(7-9-19)13-3-4-14-15(12-13)22-11-10-21-14/h2-4,12H,1,5-11H2,(H,17,20). The van der Waals surface area contributed by atoms with Crippen LogP contribution in [0.5, 0.6) is 11.5 Å². The third-order valence-electron chi connectivity index (χ3n) is 3.86. The van der Waals surface area contributed by atoms with Gasteiger partial charge in [-0.05, 0) is 12.1 Å². The molecule has 6 heteroatoms. The Morgan fingerprint density at radius 2 is 1.91 bits per heavy atom. The van der Waals surface area contributed by atoms with Crippen molar-refractivity contribution in [2.24, 2.45) is 0 Å². The SMILES string of the molecule is C=CCNC(=O)N1CCN(c2ccc3c(c2)OCCO3)CC1. The summed E-state index contributed by atoms with van der Waals surface area (Å²) in [5.74, 6) is 1.60. The van der Waals surface area contributed by atoms with Gasteiger partial charge in [-0.15, -0.1) is 6.58 Å². The molecule has 0 radical (unpaired) electrons. The molecule has 22 heavy (non-hydrogen) atoms.